The fourth-order valence-corrected chi connectivity index (χ4v) is 2.90. The zero-order chi connectivity index (χ0) is 13.8. The van der Waals surface area contributed by atoms with Crippen LogP contribution in [0.4, 0.5) is 11.4 Å². The lowest BCUT2D eigenvalue weighted by molar-refractivity contribution is 1.18. The summed E-state index contributed by atoms with van der Waals surface area (Å²) in [5.74, 6) is 0. The van der Waals surface area contributed by atoms with Crippen molar-refractivity contribution in [1.82, 2.24) is 0 Å². The van der Waals surface area contributed by atoms with E-state index in [4.69, 9.17) is 16.9 Å². The molecule has 4 heteroatoms. The van der Waals surface area contributed by atoms with Crippen molar-refractivity contribution >= 4 is 38.9 Å². The molecule has 0 atom stereocenters. The Morgan fingerprint density at radius 3 is 2.68 bits per heavy atom. The predicted molar refractivity (Wildman–Crippen MR) is 83.3 cm³/mol. The number of hydrogen-bond acceptors (Lipinski definition) is 2. The molecule has 2 aromatic carbocycles. The van der Waals surface area contributed by atoms with E-state index in [-0.39, 0.29) is 0 Å². The number of halogens is 2. The van der Waals surface area contributed by atoms with Crippen LogP contribution >= 0.6 is 27.5 Å². The highest BCUT2D eigenvalue weighted by molar-refractivity contribution is 9.08. The number of hydrogen-bond donors (Lipinski definition) is 0. The molecule has 0 heterocycles. The topological polar surface area (TPSA) is 27.0 Å². The Labute approximate surface area is 126 Å². The normalized spacial score (nSPS) is 10.0. The Bertz CT molecular complexity index is 634. The van der Waals surface area contributed by atoms with Crippen molar-refractivity contribution in [2.75, 3.05) is 11.9 Å². The van der Waals surface area contributed by atoms with Crippen LogP contribution in [0.15, 0.2) is 42.5 Å². The van der Waals surface area contributed by atoms with E-state index in [1.165, 1.54) is 0 Å². The van der Waals surface area contributed by atoms with Gasteiger partial charge in [-0.1, -0.05) is 39.7 Å². The van der Waals surface area contributed by atoms with E-state index in [1.807, 2.05) is 48.3 Å². The number of rotatable bonds is 3. The summed E-state index contributed by atoms with van der Waals surface area (Å²) < 4.78 is 0. The first kappa shape index (κ1) is 13.9. The van der Waals surface area contributed by atoms with E-state index < -0.39 is 0 Å². The van der Waals surface area contributed by atoms with Gasteiger partial charge in [0.15, 0.2) is 0 Å². The van der Waals surface area contributed by atoms with E-state index in [2.05, 4.69) is 22.0 Å². The van der Waals surface area contributed by atoms with Gasteiger partial charge in [0.25, 0.3) is 0 Å². The smallest absolute Gasteiger partial charge is 0.0992 e. The highest BCUT2D eigenvalue weighted by Gasteiger charge is 2.11. The van der Waals surface area contributed by atoms with Crippen LogP contribution in [0.2, 0.25) is 5.02 Å². The van der Waals surface area contributed by atoms with Crippen LogP contribution in [-0.4, -0.2) is 7.05 Å². The van der Waals surface area contributed by atoms with Crippen molar-refractivity contribution in [2.45, 2.75) is 5.33 Å². The van der Waals surface area contributed by atoms with Crippen molar-refractivity contribution in [3.05, 3.63) is 58.6 Å². The molecule has 2 aromatic rings. The summed E-state index contributed by atoms with van der Waals surface area (Å²) in [4.78, 5) is 2.03. The van der Waals surface area contributed by atoms with Crippen LogP contribution in [0.3, 0.4) is 0 Å². The highest BCUT2D eigenvalue weighted by Crippen LogP contribution is 2.33. The molecule has 0 fully saturated rings. The third-order valence-electron chi connectivity index (χ3n) is 2.95. The molecular formula is C15H12BrClN2. The second kappa shape index (κ2) is 6.10. The minimum atomic E-state index is 0.645. The summed E-state index contributed by atoms with van der Waals surface area (Å²) in [7, 11) is 1.97. The highest BCUT2D eigenvalue weighted by atomic mass is 79.9. The van der Waals surface area contributed by atoms with Gasteiger partial charge in [-0.15, -0.1) is 0 Å². The number of alkyl halides is 1. The van der Waals surface area contributed by atoms with Gasteiger partial charge in [0.05, 0.1) is 11.6 Å². The van der Waals surface area contributed by atoms with Crippen LogP contribution < -0.4 is 4.90 Å². The SMILES string of the molecule is CN(c1cccc(C#N)c1)c1cccc(Cl)c1CBr. The predicted octanol–water partition coefficient (Wildman–Crippen LogP) is 4.87. The lowest BCUT2D eigenvalue weighted by atomic mass is 10.1. The van der Waals surface area contributed by atoms with Gasteiger partial charge in [0.2, 0.25) is 0 Å². The number of benzene rings is 2. The first-order valence-corrected chi connectivity index (χ1v) is 7.24. The molecule has 0 N–H and O–H groups in total. The Morgan fingerprint density at radius 2 is 2.00 bits per heavy atom. The Balaban J connectivity index is 2.47. The van der Waals surface area contributed by atoms with Crippen molar-refractivity contribution in [3.8, 4) is 6.07 Å². The number of nitrogens with zero attached hydrogens (tertiary/aromatic N) is 2. The summed E-state index contributed by atoms with van der Waals surface area (Å²) in [6.45, 7) is 0. The maximum absolute atomic E-state index is 8.96. The molecule has 0 unspecified atom stereocenters. The number of anilines is 2. The third kappa shape index (κ3) is 2.91. The van der Waals surface area contributed by atoms with Gasteiger partial charge in [-0.25, -0.2) is 0 Å². The molecule has 0 spiro atoms. The molecular weight excluding hydrogens is 324 g/mol. The molecule has 0 saturated carbocycles. The lowest BCUT2D eigenvalue weighted by Gasteiger charge is -2.23. The van der Waals surface area contributed by atoms with Crippen molar-refractivity contribution in [3.63, 3.8) is 0 Å². The van der Waals surface area contributed by atoms with E-state index in [1.54, 1.807) is 6.07 Å². The monoisotopic (exact) mass is 334 g/mol. The van der Waals surface area contributed by atoms with Crippen molar-refractivity contribution in [2.24, 2.45) is 0 Å². The van der Waals surface area contributed by atoms with Gasteiger partial charge in [0, 0.05) is 34.3 Å². The second-order valence-electron chi connectivity index (χ2n) is 4.09. The van der Waals surface area contributed by atoms with E-state index in [0.29, 0.717) is 10.9 Å². The zero-order valence-electron chi connectivity index (χ0n) is 10.4. The Morgan fingerprint density at radius 1 is 1.26 bits per heavy atom. The second-order valence-corrected chi connectivity index (χ2v) is 5.06. The Hall–Kier alpha value is -1.50. The van der Waals surface area contributed by atoms with E-state index in [0.717, 1.165) is 22.0 Å². The maximum Gasteiger partial charge on any atom is 0.0992 e. The summed E-state index contributed by atoms with van der Waals surface area (Å²) in [5, 5.41) is 10.4. The molecule has 0 aromatic heterocycles. The lowest BCUT2D eigenvalue weighted by Crippen LogP contribution is -2.11. The molecule has 0 aliphatic carbocycles. The number of nitriles is 1. The molecule has 0 amide bonds. The molecule has 0 radical (unpaired) electrons. The standard InChI is InChI=1S/C15H12BrClN2/c1-19(12-5-2-4-11(8-12)10-18)15-7-3-6-14(17)13(15)9-16/h2-8H,9H2,1H3. The summed E-state index contributed by atoms with van der Waals surface area (Å²) in [5.41, 5.74) is 3.67. The van der Waals surface area contributed by atoms with Gasteiger partial charge in [-0.3, -0.25) is 0 Å². The largest absolute Gasteiger partial charge is 0.344 e. The molecule has 0 aliphatic rings. The van der Waals surface area contributed by atoms with Crippen LogP contribution in [0, 0.1) is 11.3 Å². The quantitative estimate of drug-likeness (QED) is 0.748. The maximum atomic E-state index is 8.96. The zero-order valence-corrected chi connectivity index (χ0v) is 12.7. The minimum absolute atomic E-state index is 0.645. The molecule has 2 nitrogen and oxygen atoms in total. The van der Waals surface area contributed by atoms with Crippen molar-refractivity contribution in [1.29, 1.82) is 5.26 Å². The summed E-state index contributed by atoms with van der Waals surface area (Å²) >= 11 is 9.68. The molecule has 96 valence electrons. The first-order chi connectivity index (χ1) is 9.17. The van der Waals surface area contributed by atoms with Gasteiger partial charge in [-0.2, -0.15) is 5.26 Å². The molecule has 2 rings (SSSR count). The third-order valence-corrected chi connectivity index (χ3v) is 3.87. The van der Waals surface area contributed by atoms with Gasteiger partial charge < -0.3 is 4.90 Å². The summed E-state index contributed by atoms with van der Waals surface area (Å²) in [6, 6.07) is 15.5. The average molecular weight is 336 g/mol. The van der Waals surface area contributed by atoms with Crippen molar-refractivity contribution < 1.29 is 0 Å². The molecule has 0 aliphatic heterocycles. The first-order valence-electron chi connectivity index (χ1n) is 5.74. The Kier molecular flexibility index (Phi) is 4.47. The van der Waals surface area contributed by atoms with E-state index in [9.17, 15) is 0 Å². The minimum Gasteiger partial charge on any atom is -0.344 e. The van der Waals surface area contributed by atoms with Gasteiger partial charge in [-0.05, 0) is 30.3 Å². The molecule has 0 saturated heterocycles. The molecule has 0 bridgehead atoms. The summed E-state index contributed by atoms with van der Waals surface area (Å²) in [6.07, 6.45) is 0. The fourth-order valence-electron chi connectivity index (χ4n) is 1.92. The van der Waals surface area contributed by atoms with E-state index >= 15 is 0 Å². The van der Waals surface area contributed by atoms with Gasteiger partial charge >= 0.3 is 0 Å². The molecule has 19 heavy (non-hydrogen) atoms. The van der Waals surface area contributed by atoms with Crippen LogP contribution in [-0.2, 0) is 5.33 Å². The van der Waals surface area contributed by atoms with Crippen LogP contribution in [0.5, 0.6) is 0 Å². The van der Waals surface area contributed by atoms with Crippen LogP contribution in [0.25, 0.3) is 0 Å². The van der Waals surface area contributed by atoms with Gasteiger partial charge in [0.1, 0.15) is 0 Å². The average Bonchev–Trinajstić information content (AvgIpc) is 2.46. The fraction of sp³-hybridized carbons (Fsp3) is 0.133. The van der Waals surface area contributed by atoms with Crippen LogP contribution in [0.1, 0.15) is 11.1 Å².